The molecule has 2 heteroatoms. The molecule has 0 saturated carbocycles. The Kier molecular flexibility index (Phi) is 2.31. The summed E-state index contributed by atoms with van der Waals surface area (Å²) in [5, 5.41) is 1.11. The second-order valence-electron chi connectivity index (χ2n) is 3.94. The predicted octanol–water partition coefficient (Wildman–Crippen LogP) is 3.82. The minimum absolute atomic E-state index is 0.597. The van der Waals surface area contributed by atoms with Gasteiger partial charge in [-0.15, -0.1) is 0 Å². The van der Waals surface area contributed by atoms with Gasteiger partial charge in [0.15, 0.2) is 0 Å². The largest absolute Gasteiger partial charge is 0.339 e. The van der Waals surface area contributed by atoms with Crippen molar-refractivity contribution in [1.29, 1.82) is 0 Å². The molecule has 0 radical (unpaired) electrons. The van der Waals surface area contributed by atoms with Crippen LogP contribution in [0.4, 0.5) is 5.69 Å². The van der Waals surface area contributed by atoms with Crippen LogP contribution in [0.15, 0.2) is 34.7 Å². The number of thioether (sulfide) groups is 1. The first-order valence-corrected chi connectivity index (χ1v) is 5.65. The number of hydrogen-bond donors (Lipinski definition) is 0. The Labute approximate surface area is 89.8 Å². The van der Waals surface area contributed by atoms with Crippen LogP contribution in [0.5, 0.6) is 0 Å². The molecular weight excluding hydrogens is 190 g/mol. The summed E-state index contributed by atoms with van der Waals surface area (Å²) in [6.07, 6.45) is 0. The Morgan fingerprint density at radius 1 is 1.36 bits per heavy atom. The van der Waals surface area contributed by atoms with E-state index in [1.165, 1.54) is 16.1 Å². The van der Waals surface area contributed by atoms with Crippen LogP contribution in [0.3, 0.4) is 0 Å². The fraction of sp³-hybridized carbons (Fsp3) is 0.333. The van der Waals surface area contributed by atoms with Crippen molar-refractivity contribution in [2.75, 3.05) is 11.9 Å². The first-order valence-electron chi connectivity index (χ1n) is 4.84. The van der Waals surface area contributed by atoms with Gasteiger partial charge in [-0.3, -0.25) is 0 Å². The molecule has 0 N–H and O–H groups in total. The van der Waals surface area contributed by atoms with Crippen LogP contribution in [0.1, 0.15) is 25.3 Å². The molecule has 0 unspecified atom stereocenters. The highest BCUT2D eigenvalue weighted by Crippen LogP contribution is 2.44. The lowest BCUT2D eigenvalue weighted by Crippen LogP contribution is -2.08. The van der Waals surface area contributed by atoms with Crippen LogP contribution in [0, 0.1) is 0 Å². The fourth-order valence-corrected chi connectivity index (χ4v) is 2.57. The molecule has 1 nitrogen and oxygen atoms in total. The van der Waals surface area contributed by atoms with Gasteiger partial charge in [0.1, 0.15) is 0 Å². The van der Waals surface area contributed by atoms with Gasteiger partial charge in [-0.25, -0.2) is 0 Å². The van der Waals surface area contributed by atoms with Crippen molar-refractivity contribution in [2.45, 2.75) is 24.7 Å². The van der Waals surface area contributed by atoms with Crippen molar-refractivity contribution < 1.29 is 0 Å². The SMILES string of the molecule is C=C1Sc2cc(C(C)C)ccc2N1C. The lowest BCUT2D eigenvalue weighted by molar-refractivity contribution is 0.862. The van der Waals surface area contributed by atoms with E-state index in [4.69, 9.17) is 0 Å². The van der Waals surface area contributed by atoms with Gasteiger partial charge in [0, 0.05) is 11.9 Å². The molecule has 0 aliphatic carbocycles. The van der Waals surface area contributed by atoms with Gasteiger partial charge in [-0.1, -0.05) is 38.3 Å². The first kappa shape index (κ1) is 9.66. The first-order chi connectivity index (χ1) is 6.59. The monoisotopic (exact) mass is 205 g/mol. The Morgan fingerprint density at radius 2 is 2.07 bits per heavy atom. The predicted molar refractivity (Wildman–Crippen MR) is 63.9 cm³/mol. The molecule has 0 aromatic heterocycles. The normalized spacial score (nSPS) is 15.1. The minimum atomic E-state index is 0.597. The van der Waals surface area contributed by atoms with Gasteiger partial charge < -0.3 is 4.90 Å². The number of rotatable bonds is 1. The summed E-state index contributed by atoms with van der Waals surface area (Å²) >= 11 is 1.76. The molecule has 0 bridgehead atoms. The average molecular weight is 205 g/mol. The van der Waals surface area contributed by atoms with Crippen LogP contribution in [-0.4, -0.2) is 7.05 Å². The quantitative estimate of drug-likeness (QED) is 0.685. The van der Waals surface area contributed by atoms with Crippen molar-refractivity contribution >= 4 is 17.4 Å². The highest BCUT2D eigenvalue weighted by Gasteiger charge is 2.20. The molecule has 0 fully saturated rings. The third kappa shape index (κ3) is 1.44. The van der Waals surface area contributed by atoms with Crippen LogP contribution < -0.4 is 4.90 Å². The lowest BCUT2D eigenvalue weighted by atomic mass is 10.0. The molecule has 1 heterocycles. The molecule has 74 valence electrons. The molecule has 0 amide bonds. The zero-order chi connectivity index (χ0) is 10.3. The van der Waals surface area contributed by atoms with Crippen molar-refractivity contribution in [1.82, 2.24) is 0 Å². The Morgan fingerprint density at radius 3 is 2.71 bits per heavy atom. The van der Waals surface area contributed by atoms with Crippen molar-refractivity contribution in [3.05, 3.63) is 35.4 Å². The third-order valence-corrected chi connectivity index (χ3v) is 3.67. The molecule has 0 saturated heterocycles. The van der Waals surface area contributed by atoms with E-state index in [0.29, 0.717) is 5.92 Å². The van der Waals surface area contributed by atoms with Gasteiger partial charge in [-0.05, 0) is 23.6 Å². The highest BCUT2D eigenvalue weighted by molar-refractivity contribution is 8.03. The maximum atomic E-state index is 4.01. The van der Waals surface area contributed by atoms with E-state index in [1.54, 1.807) is 11.8 Å². The molecule has 14 heavy (non-hydrogen) atoms. The lowest BCUT2D eigenvalue weighted by Gasteiger charge is -2.12. The number of nitrogens with zero attached hydrogens (tertiary/aromatic N) is 1. The van der Waals surface area contributed by atoms with E-state index in [2.05, 4.69) is 50.6 Å². The van der Waals surface area contributed by atoms with Crippen LogP contribution in [0.2, 0.25) is 0 Å². The van der Waals surface area contributed by atoms with Crippen molar-refractivity contribution in [3.63, 3.8) is 0 Å². The number of anilines is 1. The summed E-state index contributed by atoms with van der Waals surface area (Å²) in [6, 6.07) is 6.67. The summed E-state index contributed by atoms with van der Waals surface area (Å²) < 4.78 is 0. The topological polar surface area (TPSA) is 3.24 Å². The second-order valence-corrected chi connectivity index (χ2v) is 5.05. The van der Waals surface area contributed by atoms with Crippen LogP contribution >= 0.6 is 11.8 Å². The maximum absolute atomic E-state index is 4.01. The smallest absolute Gasteiger partial charge is 0.0725 e. The van der Waals surface area contributed by atoms with Crippen molar-refractivity contribution in [3.8, 4) is 0 Å². The molecule has 1 aliphatic rings. The van der Waals surface area contributed by atoms with E-state index in [-0.39, 0.29) is 0 Å². The molecule has 0 spiro atoms. The molecule has 1 aliphatic heterocycles. The Bertz CT molecular complexity index is 382. The fourth-order valence-electron chi connectivity index (χ4n) is 1.58. The number of fused-ring (bicyclic) bond motifs is 1. The molecule has 2 rings (SSSR count). The van der Waals surface area contributed by atoms with E-state index in [1.807, 2.05) is 0 Å². The molecule has 0 atom stereocenters. The Balaban J connectivity index is 2.44. The summed E-state index contributed by atoms with van der Waals surface area (Å²) in [4.78, 5) is 3.48. The van der Waals surface area contributed by atoms with E-state index >= 15 is 0 Å². The van der Waals surface area contributed by atoms with Gasteiger partial charge in [0.25, 0.3) is 0 Å². The van der Waals surface area contributed by atoms with E-state index in [9.17, 15) is 0 Å². The molecular formula is C12H15NS. The van der Waals surface area contributed by atoms with Gasteiger partial charge in [0.2, 0.25) is 0 Å². The summed E-state index contributed by atoms with van der Waals surface area (Å²) in [7, 11) is 2.07. The number of hydrogen-bond acceptors (Lipinski definition) is 2. The van der Waals surface area contributed by atoms with Crippen LogP contribution in [-0.2, 0) is 0 Å². The highest BCUT2D eigenvalue weighted by atomic mass is 32.2. The second kappa shape index (κ2) is 3.35. The van der Waals surface area contributed by atoms with E-state index < -0.39 is 0 Å². The summed E-state index contributed by atoms with van der Waals surface area (Å²) in [5.41, 5.74) is 2.68. The Hall–Kier alpha value is -0.890. The zero-order valence-corrected chi connectivity index (χ0v) is 9.69. The van der Waals surface area contributed by atoms with Gasteiger partial charge in [0.05, 0.1) is 10.7 Å². The molecule has 1 aromatic carbocycles. The standard InChI is InChI=1S/C12H15NS/c1-8(2)10-5-6-11-12(7-10)14-9(3)13(11)4/h5-8H,3H2,1-2,4H3. The summed E-state index contributed by atoms with van der Waals surface area (Å²) in [6.45, 7) is 8.46. The maximum Gasteiger partial charge on any atom is 0.0725 e. The van der Waals surface area contributed by atoms with Gasteiger partial charge in [-0.2, -0.15) is 0 Å². The summed E-state index contributed by atoms with van der Waals surface area (Å²) in [5.74, 6) is 0.597. The average Bonchev–Trinajstić information content (AvgIpc) is 2.42. The zero-order valence-electron chi connectivity index (χ0n) is 8.87. The van der Waals surface area contributed by atoms with Gasteiger partial charge >= 0.3 is 0 Å². The van der Waals surface area contributed by atoms with Crippen molar-refractivity contribution in [2.24, 2.45) is 0 Å². The number of benzene rings is 1. The third-order valence-electron chi connectivity index (χ3n) is 2.61. The van der Waals surface area contributed by atoms with E-state index in [0.717, 1.165) is 5.03 Å². The van der Waals surface area contributed by atoms with Crippen LogP contribution in [0.25, 0.3) is 0 Å². The molecule has 1 aromatic rings. The minimum Gasteiger partial charge on any atom is -0.339 e.